The van der Waals surface area contributed by atoms with Crippen LogP contribution >= 0.6 is 15.2 Å². The molecule has 0 aliphatic heterocycles. The predicted octanol–water partition coefficient (Wildman–Crippen LogP) is 1.22. The fourth-order valence-electron chi connectivity index (χ4n) is 2.66. The van der Waals surface area contributed by atoms with E-state index in [4.69, 9.17) is 4.65 Å². The smallest absolute Gasteiger partial charge is 0 e. The first kappa shape index (κ1) is 29.9. The van der Waals surface area contributed by atoms with E-state index in [2.05, 4.69) is 16.6 Å². The van der Waals surface area contributed by atoms with Crippen LogP contribution in [0, 0.1) is 6.65 Å². The molecule has 2 aromatic rings. The van der Waals surface area contributed by atoms with Crippen LogP contribution in [0.4, 0.5) is 0 Å². The second kappa shape index (κ2) is 13.5. The number of nitrogens with zero attached hydrogens (tertiary/aromatic N) is 3. The summed E-state index contributed by atoms with van der Waals surface area (Å²) in [5, 5.41) is 6.61. The third-order valence-corrected chi connectivity index (χ3v) is 8.02. The zero-order valence-corrected chi connectivity index (χ0v) is 20.7. The minimum absolute atomic E-state index is 0. The third kappa shape index (κ3) is 9.13. The average Bonchev–Trinajstić information content (AvgIpc) is 2.69. The molecule has 11 nitrogen and oxygen atoms in total. The molecule has 31 heavy (non-hydrogen) atoms. The average molecular weight is 646 g/mol. The van der Waals surface area contributed by atoms with Crippen LogP contribution in [0.3, 0.4) is 0 Å². The monoisotopic (exact) mass is 646 g/mol. The quantitative estimate of drug-likeness (QED) is 0.143. The Hall–Kier alpha value is -1.08. The molecule has 0 unspecified atom stereocenters. The van der Waals surface area contributed by atoms with Crippen molar-refractivity contribution in [2.75, 3.05) is 6.54 Å². The van der Waals surface area contributed by atoms with Crippen LogP contribution < -0.4 is 0 Å². The van der Waals surface area contributed by atoms with Crippen molar-refractivity contribution in [2.45, 2.75) is 31.0 Å². The number of hydrogen-bond acceptors (Lipinski definition) is 6. The van der Waals surface area contributed by atoms with Crippen molar-refractivity contribution in [3.05, 3.63) is 66.8 Å². The summed E-state index contributed by atoms with van der Waals surface area (Å²) < 4.78 is 30.5. The van der Waals surface area contributed by atoms with E-state index < -0.39 is 26.7 Å². The SMILES string of the molecule is O=P(O)(O)C(O)(CCCN(Cc1ccccn1)Cc1ccccn1)P(=O)(O)O.[C-]#[O+].[Re]. The van der Waals surface area contributed by atoms with E-state index in [1.807, 2.05) is 29.2 Å². The maximum absolute atomic E-state index is 11.5. The van der Waals surface area contributed by atoms with Crippen molar-refractivity contribution in [1.29, 1.82) is 0 Å². The van der Waals surface area contributed by atoms with Gasteiger partial charge in [-0.05, 0) is 37.2 Å². The molecule has 1 radical (unpaired) electrons. The van der Waals surface area contributed by atoms with Crippen LogP contribution in [-0.4, -0.2) is 51.2 Å². The Labute approximate surface area is 193 Å². The van der Waals surface area contributed by atoms with Gasteiger partial charge < -0.3 is 24.7 Å². The van der Waals surface area contributed by atoms with E-state index in [0.29, 0.717) is 13.1 Å². The minimum atomic E-state index is -5.45. The van der Waals surface area contributed by atoms with Crippen LogP contribution in [0.25, 0.3) is 0 Å². The first-order valence-electron chi connectivity index (χ1n) is 8.59. The third-order valence-electron chi connectivity index (χ3n) is 4.14. The Morgan fingerprint density at radius 1 is 0.903 bits per heavy atom. The van der Waals surface area contributed by atoms with Gasteiger partial charge in [0.05, 0.1) is 11.4 Å². The zero-order chi connectivity index (χ0) is 22.8. The van der Waals surface area contributed by atoms with E-state index in [9.17, 15) is 33.8 Å². The van der Waals surface area contributed by atoms with Crippen LogP contribution in [0.1, 0.15) is 24.2 Å². The number of aliphatic hydroxyl groups is 1. The Bertz CT molecular complexity index is 829. The van der Waals surface area contributed by atoms with Gasteiger partial charge in [-0.3, -0.25) is 24.0 Å². The van der Waals surface area contributed by atoms with Crippen LogP contribution in [0.5, 0.6) is 0 Å². The molecule has 0 atom stereocenters. The maximum atomic E-state index is 11.5. The van der Waals surface area contributed by atoms with Crippen LogP contribution in [0.2, 0.25) is 0 Å². The molecular weight excluding hydrogens is 622 g/mol. The normalized spacial score (nSPS) is 11.9. The number of pyridine rings is 2. The summed E-state index contributed by atoms with van der Waals surface area (Å²) in [6.45, 7) is 5.48. The van der Waals surface area contributed by atoms with Gasteiger partial charge in [0.2, 0.25) is 0 Å². The first-order valence-corrected chi connectivity index (χ1v) is 11.8. The van der Waals surface area contributed by atoms with Gasteiger partial charge in [0, 0.05) is 52.3 Å². The second-order valence-corrected chi connectivity index (χ2v) is 10.3. The molecule has 14 heteroatoms. The summed E-state index contributed by atoms with van der Waals surface area (Å²) in [6.07, 6.45) is 2.44. The Morgan fingerprint density at radius 2 is 1.32 bits per heavy atom. The Morgan fingerprint density at radius 3 is 1.65 bits per heavy atom. The van der Waals surface area contributed by atoms with Gasteiger partial charge in [-0.2, -0.15) is 0 Å². The van der Waals surface area contributed by atoms with Crippen LogP contribution in [0.15, 0.2) is 48.8 Å². The van der Waals surface area contributed by atoms with E-state index >= 15 is 0 Å². The molecule has 0 fully saturated rings. The van der Waals surface area contributed by atoms with Gasteiger partial charge in [-0.25, -0.2) is 0 Å². The number of hydrogen-bond donors (Lipinski definition) is 5. The second-order valence-electron chi connectivity index (χ2n) is 6.32. The molecule has 2 heterocycles. The van der Waals surface area contributed by atoms with Gasteiger partial charge in [0.1, 0.15) is 0 Å². The van der Waals surface area contributed by atoms with Gasteiger partial charge in [0.15, 0.2) is 0 Å². The van der Waals surface area contributed by atoms with Crippen LogP contribution in [-0.2, 0) is 47.3 Å². The van der Waals surface area contributed by atoms with E-state index in [-0.39, 0.29) is 33.4 Å². The first-order chi connectivity index (χ1) is 14.0. The number of aromatic nitrogens is 2. The molecule has 0 aliphatic carbocycles. The minimum Gasteiger partial charge on any atom is 0 e. The van der Waals surface area contributed by atoms with E-state index in [1.165, 1.54) is 0 Å². The van der Waals surface area contributed by atoms with Crippen molar-refractivity contribution in [3.8, 4) is 0 Å². The Kier molecular flexibility index (Phi) is 13.0. The van der Waals surface area contributed by atoms with Gasteiger partial charge in [0.25, 0.3) is 5.08 Å². The maximum Gasteiger partial charge on any atom is 0 e. The number of rotatable bonds is 10. The summed E-state index contributed by atoms with van der Waals surface area (Å²) in [5.74, 6) is 0. The molecule has 0 aromatic carbocycles. The van der Waals surface area contributed by atoms with Crippen molar-refractivity contribution in [2.24, 2.45) is 0 Å². The molecular formula is C17H23N3O8P2Re. The summed E-state index contributed by atoms with van der Waals surface area (Å²) >= 11 is 0. The molecule has 0 bridgehead atoms. The summed E-state index contributed by atoms with van der Waals surface area (Å²) in [4.78, 5) is 47.3. The van der Waals surface area contributed by atoms with Gasteiger partial charge in [-0.15, -0.1) is 0 Å². The fourth-order valence-corrected chi connectivity index (χ4v) is 4.91. The summed E-state index contributed by atoms with van der Waals surface area (Å²) in [5.41, 5.74) is 1.50. The van der Waals surface area contributed by atoms with Gasteiger partial charge >= 0.3 is 26.5 Å². The zero-order valence-electron chi connectivity index (χ0n) is 16.2. The molecule has 0 amide bonds. The summed E-state index contributed by atoms with van der Waals surface area (Å²) in [7, 11) is -10.9. The van der Waals surface area contributed by atoms with E-state index in [1.54, 1.807) is 24.5 Å². The molecule has 0 spiro atoms. The predicted molar refractivity (Wildman–Crippen MR) is 105 cm³/mol. The fraction of sp³-hybridized carbons (Fsp3) is 0.353. The molecule has 2 aromatic heterocycles. The molecule has 0 saturated carbocycles. The summed E-state index contributed by atoms with van der Waals surface area (Å²) in [6, 6.07) is 10.8. The molecule has 171 valence electrons. The molecule has 0 aliphatic rings. The van der Waals surface area contributed by atoms with Gasteiger partial charge in [-0.1, -0.05) is 12.1 Å². The van der Waals surface area contributed by atoms with Crippen molar-refractivity contribution in [3.63, 3.8) is 0 Å². The molecule has 5 N–H and O–H groups in total. The standard InChI is InChI=1S/C16H23N3O7P2.CO.Re/c20-16(27(21,22)23,28(24,25)26)8-5-11-19(12-14-6-1-3-9-17-14)13-15-7-2-4-10-18-15;1-2;/h1-4,6-7,9-10,20H,5,8,11-13H2,(H2,21,22,23)(H2,24,25,26);;. The Balaban J connectivity index is 0.00000291. The van der Waals surface area contributed by atoms with E-state index in [0.717, 1.165) is 11.4 Å². The van der Waals surface area contributed by atoms with Crippen molar-refractivity contribution in [1.82, 2.24) is 14.9 Å². The van der Waals surface area contributed by atoms with Crippen molar-refractivity contribution >= 4 is 15.2 Å². The topological polar surface area (TPSA) is 184 Å². The van der Waals surface area contributed by atoms with Crippen molar-refractivity contribution < 1.29 is 58.9 Å². The largest absolute Gasteiger partial charge is 0 e. The molecule has 0 saturated heterocycles. The molecule has 2 rings (SSSR count).